The summed E-state index contributed by atoms with van der Waals surface area (Å²) in [6.45, 7) is 4.48. The first-order chi connectivity index (χ1) is 14.0. The fourth-order valence-electron chi connectivity index (χ4n) is 5.64. The van der Waals surface area contributed by atoms with Crippen molar-refractivity contribution >= 4 is 0 Å². The molecule has 1 heterocycles. The first-order valence-electron chi connectivity index (χ1n) is 10.7. The van der Waals surface area contributed by atoms with Gasteiger partial charge in [0.25, 0.3) is 0 Å². The molecule has 2 N–H and O–H groups in total. The van der Waals surface area contributed by atoms with E-state index in [-0.39, 0.29) is 23.9 Å². The van der Waals surface area contributed by atoms with Crippen LogP contribution < -0.4 is 4.90 Å². The fraction of sp³-hybridized carbons (Fsp3) is 0.333. The Kier molecular flexibility index (Phi) is 5.58. The largest absolute Gasteiger partial charge is 0.388 e. The van der Waals surface area contributed by atoms with Gasteiger partial charge in [0.15, 0.2) is 0 Å². The summed E-state index contributed by atoms with van der Waals surface area (Å²) in [5, 5.41) is 12.2. The molecule has 0 aliphatic carbocycles. The van der Waals surface area contributed by atoms with Gasteiger partial charge in [0.1, 0.15) is 12.1 Å². The van der Waals surface area contributed by atoms with Crippen molar-refractivity contribution in [3.05, 3.63) is 108 Å². The molecule has 0 amide bonds. The van der Waals surface area contributed by atoms with Gasteiger partial charge in [-0.2, -0.15) is 0 Å². The molecule has 4 unspecified atom stereocenters. The summed E-state index contributed by atoms with van der Waals surface area (Å²) in [6.07, 6.45) is 0.677. The molecular weight excluding hydrogens is 354 g/mol. The van der Waals surface area contributed by atoms with Crippen molar-refractivity contribution < 1.29 is 10.0 Å². The van der Waals surface area contributed by atoms with Gasteiger partial charge in [-0.3, -0.25) is 0 Å². The van der Waals surface area contributed by atoms with Crippen LogP contribution >= 0.6 is 0 Å². The molecule has 0 aromatic heterocycles. The molecule has 3 aromatic rings. The molecule has 150 valence electrons. The van der Waals surface area contributed by atoms with Gasteiger partial charge in [-0.1, -0.05) is 105 Å². The minimum atomic E-state index is -0.790. The standard InChI is InChI=1S/C27H31NO/c1-20-25(23-15-9-5-10-16-23)28(3)26(24-17-11-6-12-18-24)21(2)27(20,29)19-22-13-7-4-8-14-22/h4-18,20-21,25-26,29H,19H2,1-3H3/p+1. The average molecular weight is 387 g/mol. The van der Waals surface area contributed by atoms with Crippen LogP contribution in [-0.2, 0) is 6.42 Å². The predicted octanol–water partition coefficient (Wildman–Crippen LogP) is 4.24. The van der Waals surface area contributed by atoms with E-state index in [0.717, 1.165) is 0 Å². The second-order valence-corrected chi connectivity index (χ2v) is 8.75. The van der Waals surface area contributed by atoms with Gasteiger partial charge in [0.05, 0.1) is 12.6 Å². The van der Waals surface area contributed by atoms with Gasteiger partial charge in [-0.15, -0.1) is 0 Å². The van der Waals surface area contributed by atoms with Crippen molar-refractivity contribution in [3.63, 3.8) is 0 Å². The second kappa shape index (κ2) is 8.14. The number of piperidine rings is 1. The molecule has 4 atom stereocenters. The van der Waals surface area contributed by atoms with E-state index in [1.807, 2.05) is 6.07 Å². The van der Waals surface area contributed by atoms with E-state index in [4.69, 9.17) is 0 Å². The van der Waals surface area contributed by atoms with Crippen LogP contribution in [0.1, 0.15) is 42.6 Å². The summed E-state index contributed by atoms with van der Waals surface area (Å²) < 4.78 is 0. The summed E-state index contributed by atoms with van der Waals surface area (Å²) in [7, 11) is 2.30. The van der Waals surface area contributed by atoms with Gasteiger partial charge in [0, 0.05) is 29.4 Å². The van der Waals surface area contributed by atoms with Crippen LogP contribution in [0, 0.1) is 11.8 Å². The van der Waals surface area contributed by atoms with Crippen molar-refractivity contribution in [1.82, 2.24) is 0 Å². The van der Waals surface area contributed by atoms with E-state index in [1.54, 1.807) is 0 Å². The lowest BCUT2D eigenvalue weighted by Gasteiger charge is -2.53. The van der Waals surface area contributed by atoms with Crippen LogP contribution in [0.4, 0.5) is 0 Å². The average Bonchev–Trinajstić information content (AvgIpc) is 2.75. The summed E-state index contributed by atoms with van der Waals surface area (Å²) in [5.41, 5.74) is 3.02. The molecule has 2 heteroatoms. The molecular formula is C27H32NO+. The maximum absolute atomic E-state index is 12.2. The molecule has 1 aliphatic heterocycles. The Morgan fingerprint density at radius 3 is 1.48 bits per heavy atom. The minimum absolute atomic E-state index is 0.125. The molecule has 1 aliphatic rings. The molecule has 0 bridgehead atoms. The number of benzene rings is 3. The Bertz CT molecular complexity index is 856. The molecule has 2 nitrogen and oxygen atoms in total. The Labute approximate surface area is 174 Å². The monoisotopic (exact) mass is 386 g/mol. The van der Waals surface area contributed by atoms with Crippen LogP contribution in [-0.4, -0.2) is 17.8 Å². The molecule has 4 rings (SSSR count). The summed E-state index contributed by atoms with van der Waals surface area (Å²) in [6, 6.07) is 32.3. The third-order valence-electron chi connectivity index (χ3n) is 7.21. The molecule has 3 aromatic carbocycles. The van der Waals surface area contributed by atoms with Gasteiger partial charge in [-0.05, 0) is 5.56 Å². The lowest BCUT2D eigenvalue weighted by Crippen LogP contribution is -3.13. The van der Waals surface area contributed by atoms with E-state index in [0.29, 0.717) is 6.42 Å². The zero-order chi connectivity index (χ0) is 20.4. The third kappa shape index (κ3) is 3.63. The summed E-state index contributed by atoms with van der Waals surface area (Å²) in [4.78, 5) is 1.46. The minimum Gasteiger partial charge on any atom is -0.388 e. The number of hydrogen-bond donors (Lipinski definition) is 2. The van der Waals surface area contributed by atoms with Crippen molar-refractivity contribution in [2.75, 3.05) is 7.05 Å². The predicted molar refractivity (Wildman–Crippen MR) is 119 cm³/mol. The number of likely N-dealkylation sites (tertiary alicyclic amines) is 1. The smallest absolute Gasteiger partial charge is 0.119 e. The van der Waals surface area contributed by atoms with E-state index in [2.05, 4.69) is 106 Å². The Hall–Kier alpha value is -2.42. The van der Waals surface area contributed by atoms with E-state index >= 15 is 0 Å². The molecule has 29 heavy (non-hydrogen) atoms. The summed E-state index contributed by atoms with van der Waals surface area (Å²) in [5.74, 6) is 0.250. The van der Waals surface area contributed by atoms with Crippen molar-refractivity contribution in [3.8, 4) is 0 Å². The Morgan fingerprint density at radius 2 is 1.07 bits per heavy atom. The van der Waals surface area contributed by atoms with Gasteiger partial charge in [0.2, 0.25) is 0 Å². The third-order valence-corrected chi connectivity index (χ3v) is 7.21. The van der Waals surface area contributed by atoms with Crippen LogP contribution in [0.2, 0.25) is 0 Å². The zero-order valence-electron chi connectivity index (χ0n) is 17.6. The van der Waals surface area contributed by atoms with Gasteiger partial charge < -0.3 is 10.0 Å². The molecule has 0 saturated carbocycles. The zero-order valence-corrected chi connectivity index (χ0v) is 17.6. The quantitative estimate of drug-likeness (QED) is 0.689. The molecule has 1 saturated heterocycles. The molecule has 0 radical (unpaired) electrons. The van der Waals surface area contributed by atoms with Gasteiger partial charge in [-0.25, -0.2) is 0 Å². The van der Waals surface area contributed by atoms with Crippen molar-refractivity contribution in [2.45, 2.75) is 38.0 Å². The summed E-state index contributed by atoms with van der Waals surface area (Å²) >= 11 is 0. The van der Waals surface area contributed by atoms with E-state index in [9.17, 15) is 5.11 Å². The van der Waals surface area contributed by atoms with Crippen molar-refractivity contribution in [1.29, 1.82) is 0 Å². The first kappa shape index (κ1) is 19.9. The number of hydrogen-bond acceptors (Lipinski definition) is 1. The van der Waals surface area contributed by atoms with Crippen LogP contribution in [0.5, 0.6) is 0 Å². The molecule has 1 fully saturated rings. The highest BCUT2D eigenvalue weighted by Gasteiger charge is 2.56. The van der Waals surface area contributed by atoms with Crippen molar-refractivity contribution in [2.24, 2.45) is 11.8 Å². The highest BCUT2D eigenvalue weighted by Crippen LogP contribution is 2.45. The topological polar surface area (TPSA) is 24.7 Å². The number of aliphatic hydroxyl groups is 1. The maximum Gasteiger partial charge on any atom is 0.119 e. The first-order valence-corrected chi connectivity index (χ1v) is 10.7. The van der Waals surface area contributed by atoms with Crippen LogP contribution in [0.25, 0.3) is 0 Å². The van der Waals surface area contributed by atoms with Crippen LogP contribution in [0.15, 0.2) is 91.0 Å². The number of nitrogens with one attached hydrogen (secondary N) is 1. The highest BCUT2D eigenvalue weighted by molar-refractivity contribution is 5.26. The normalized spacial score (nSPS) is 32.1. The maximum atomic E-state index is 12.2. The van der Waals surface area contributed by atoms with E-state index in [1.165, 1.54) is 21.6 Å². The SMILES string of the molecule is CC1C(c2ccccc2)[NH+](C)C(c2ccccc2)C(C)C1(O)Cc1ccccc1. The Balaban J connectivity index is 1.81. The van der Waals surface area contributed by atoms with E-state index < -0.39 is 5.60 Å². The Morgan fingerprint density at radius 1 is 0.690 bits per heavy atom. The molecule has 0 spiro atoms. The lowest BCUT2D eigenvalue weighted by molar-refractivity contribution is -0.961. The van der Waals surface area contributed by atoms with Crippen LogP contribution in [0.3, 0.4) is 0 Å². The van der Waals surface area contributed by atoms with Gasteiger partial charge >= 0.3 is 0 Å². The highest BCUT2D eigenvalue weighted by atomic mass is 16.3. The lowest BCUT2D eigenvalue weighted by atomic mass is 9.63. The number of rotatable bonds is 4. The number of quaternary nitrogens is 1. The second-order valence-electron chi connectivity index (χ2n) is 8.75. The fourth-order valence-corrected chi connectivity index (χ4v) is 5.64.